The number of amides is 1. The van der Waals surface area contributed by atoms with Gasteiger partial charge in [0.2, 0.25) is 0 Å². The van der Waals surface area contributed by atoms with Gasteiger partial charge in [-0.05, 0) is 31.4 Å². The van der Waals surface area contributed by atoms with E-state index in [0.29, 0.717) is 37.1 Å². The number of carbonyl (C=O) groups is 1. The third-order valence-corrected chi connectivity index (χ3v) is 5.59. The van der Waals surface area contributed by atoms with E-state index in [2.05, 4.69) is 15.9 Å². The van der Waals surface area contributed by atoms with Crippen LogP contribution in [0, 0.1) is 6.92 Å². The van der Waals surface area contributed by atoms with Crippen molar-refractivity contribution < 1.29 is 19.6 Å². The van der Waals surface area contributed by atoms with Crippen LogP contribution in [0.4, 0.5) is 0 Å². The number of benzene rings is 1. The van der Waals surface area contributed by atoms with E-state index >= 15 is 0 Å². The summed E-state index contributed by atoms with van der Waals surface area (Å²) in [5.41, 5.74) is 1.11. The molecule has 0 unspecified atom stereocenters. The molecule has 0 aromatic heterocycles. The summed E-state index contributed by atoms with van der Waals surface area (Å²) in [5.74, 6) is -0.226. The van der Waals surface area contributed by atoms with Crippen molar-refractivity contribution in [2.45, 2.75) is 25.3 Å². The molecule has 130 valence electrons. The molecule has 1 spiro atoms. The predicted molar refractivity (Wildman–Crippen MR) is 92.8 cm³/mol. The van der Waals surface area contributed by atoms with Crippen LogP contribution in [0.1, 0.15) is 24.0 Å². The normalized spacial score (nSPS) is 21.2. The van der Waals surface area contributed by atoms with Gasteiger partial charge >= 0.3 is 0 Å². The minimum atomic E-state index is -0.835. The number of rotatable bonds is 3. The van der Waals surface area contributed by atoms with E-state index in [1.807, 2.05) is 30.2 Å². The Morgan fingerprint density at radius 1 is 1.21 bits per heavy atom. The minimum absolute atomic E-state index is 0.0834. The van der Waals surface area contributed by atoms with Gasteiger partial charge in [0.05, 0.1) is 19.8 Å². The molecule has 0 bridgehead atoms. The highest BCUT2D eigenvalue weighted by atomic mass is 79.9. The molecular formula is C17H21BrN2O4. The van der Waals surface area contributed by atoms with Crippen LogP contribution >= 0.6 is 15.9 Å². The fraction of sp³-hybridized carbons (Fsp3) is 0.471. The molecule has 1 fully saturated rings. The fourth-order valence-electron chi connectivity index (χ4n) is 3.64. The number of aryl methyl sites for hydroxylation is 1. The predicted octanol–water partition coefficient (Wildman–Crippen LogP) is 2.83. The smallest absolute Gasteiger partial charge is 0.282 e. The van der Waals surface area contributed by atoms with Gasteiger partial charge in [0.25, 0.3) is 5.91 Å². The Balaban J connectivity index is 2.11. The summed E-state index contributed by atoms with van der Waals surface area (Å²) in [6, 6.07) is 5.69. The lowest BCUT2D eigenvalue weighted by Gasteiger charge is -2.42. The van der Waals surface area contributed by atoms with Crippen molar-refractivity contribution in [3.8, 4) is 0 Å². The van der Waals surface area contributed by atoms with Crippen molar-refractivity contribution in [1.29, 1.82) is 0 Å². The van der Waals surface area contributed by atoms with E-state index in [4.69, 9.17) is 9.68 Å². The second kappa shape index (κ2) is 6.48. The number of hydroxylamine groups is 4. The standard InChI is InChI=1S/C17H21BrN2O4/c1-11-5-4-6-12(18)13(11)14-15(21)17(20(24-3)16(14)22)7-9-19(23-2)10-8-17/h4-6,21H,7-10H2,1-3H3. The molecule has 0 atom stereocenters. The highest BCUT2D eigenvalue weighted by molar-refractivity contribution is 9.10. The van der Waals surface area contributed by atoms with Gasteiger partial charge in [-0.15, -0.1) is 0 Å². The lowest BCUT2D eigenvalue weighted by molar-refractivity contribution is -0.221. The first-order chi connectivity index (χ1) is 11.5. The topological polar surface area (TPSA) is 62.2 Å². The number of carbonyl (C=O) groups excluding carboxylic acids is 1. The van der Waals surface area contributed by atoms with Gasteiger partial charge in [-0.1, -0.05) is 28.1 Å². The lowest BCUT2D eigenvalue weighted by atomic mass is 9.85. The molecule has 1 amide bonds. The van der Waals surface area contributed by atoms with Gasteiger partial charge < -0.3 is 9.94 Å². The summed E-state index contributed by atoms with van der Waals surface area (Å²) in [4.78, 5) is 23.6. The maximum Gasteiger partial charge on any atom is 0.282 e. The molecule has 2 aliphatic heterocycles. The maximum absolute atomic E-state index is 13.0. The number of aliphatic hydroxyl groups excluding tert-OH is 1. The molecule has 2 heterocycles. The van der Waals surface area contributed by atoms with E-state index in [1.165, 1.54) is 12.2 Å². The third kappa shape index (κ3) is 2.47. The molecule has 3 rings (SSSR count). The number of hydrogen-bond acceptors (Lipinski definition) is 5. The summed E-state index contributed by atoms with van der Waals surface area (Å²) in [6.07, 6.45) is 1.08. The highest BCUT2D eigenvalue weighted by Crippen LogP contribution is 2.46. The number of hydrogen-bond donors (Lipinski definition) is 1. The van der Waals surface area contributed by atoms with Gasteiger partial charge in [0.1, 0.15) is 11.3 Å². The fourth-order valence-corrected chi connectivity index (χ4v) is 4.30. The Kier molecular flexibility index (Phi) is 4.70. The second-order valence-corrected chi connectivity index (χ2v) is 6.93. The van der Waals surface area contributed by atoms with E-state index < -0.39 is 5.54 Å². The van der Waals surface area contributed by atoms with Gasteiger partial charge in [-0.2, -0.15) is 5.06 Å². The Labute approximate surface area is 149 Å². The van der Waals surface area contributed by atoms with Gasteiger partial charge in [-0.25, -0.2) is 5.06 Å². The Morgan fingerprint density at radius 3 is 2.42 bits per heavy atom. The van der Waals surface area contributed by atoms with Gasteiger partial charge in [0.15, 0.2) is 0 Å². The molecule has 1 N–H and O–H groups in total. The third-order valence-electron chi connectivity index (χ3n) is 4.93. The van der Waals surface area contributed by atoms with E-state index in [9.17, 15) is 9.90 Å². The molecule has 1 aromatic rings. The summed E-state index contributed by atoms with van der Waals surface area (Å²) in [6.45, 7) is 3.13. The molecule has 2 aliphatic rings. The average molecular weight is 397 g/mol. The molecule has 1 aromatic carbocycles. The Bertz CT molecular complexity index is 676. The number of halogens is 1. The summed E-state index contributed by atoms with van der Waals surface area (Å²) in [7, 11) is 3.09. The molecule has 0 aliphatic carbocycles. The first kappa shape index (κ1) is 17.4. The van der Waals surface area contributed by atoms with Crippen LogP contribution in [-0.4, -0.2) is 54.0 Å². The lowest BCUT2D eigenvalue weighted by Crippen LogP contribution is -2.54. The van der Waals surface area contributed by atoms with Crippen LogP contribution in [0.2, 0.25) is 0 Å². The summed E-state index contributed by atoms with van der Waals surface area (Å²) in [5, 5.41) is 14.2. The van der Waals surface area contributed by atoms with Crippen LogP contribution in [0.3, 0.4) is 0 Å². The number of nitrogens with zero attached hydrogens (tertiary/aromatic N) is 2. The molecule has 1 saturated heterocycles. The van der Waals surface area contributed by atoms with Crippen LogP contribution in [0.5, 0.6) is 0 Å². The highest BCUT2D eigenvalue weighted by Gasteiger charge is 2.55. The first-order valence-electron chi connectivity index (χ1n) is 7.83. The van der Waals surface area contributed by atoms with Gasteiger partial charge in [0, 0.05) is 23.1 Å². The van der Waals surface area contributed by atoms with Crippen LogP contribution in [0.25, 0.3) is 5.57 Å². The Hall–Kier alpha value is -1.41. The van der Waals surface area contributed by atoms with Crippen molar-refractivity contribution in [1.82, 2.24) is 10.1 Å². The van der Waals surface area contributed by atoms with Crippen LogP contribution < -0.4 is 0 Å². The molecule has 0 radical (unpaired) electrons. The van der Waals surface area contributed by atoms with E-state index in [1.54, 1.807) is 7.11 Å². The van der Waals surface area contributed by atoms with Crippen molar-refractivity contribution in [2.24, 2.45) is 0 Å². The zero-order valence-corrected chi connectivity index (χ0v) is 15.6. The van der Waals surface area contributed by atoms with E-state index in [0.717, 1.165) is 10.0 Å². The quantitative estimate of drug-likeness (QED) is 0.850. The van der Waals surface area contributed by atoms with Crippen molar-refractivity contribution in [3.63, 3.8) is 0 Å². The van der Waals surface area contributed by atoms with Crippen LogP contribution in [0.15, 0.2) is 28.4 Å². The average Bonchev–Trinajstić information content (AvgIpc) is 2.77. The SMILES string of the molecule is CON1CCC2(CC1)C(O)=C(c1c(C)cccc1Br)C(=O)N2OC. The molecular weight excluding hydrogens is 376 g/mol. The maximum atomic E-state index is 13.0. The second-order valence-electron chi connectivity index (χ2n) is 6.08. The zero-order chi connectivity index (χ0) is 17.5. The number of aliphatic hydroxyl groups is 1. The minimum Gasteiger partial charge on any atom is -0.509 e. The first-order valence-corrected chi connectivity index (χ1v) is 8.62. The Morgan fingerprint density at radius 2 is 1.88 bits per heavy atom. The molecule has 6 nitrogen and oxygen atoms in total. The summed E-state index contributed by atoms with van der Waals surface area (Å²) >= 11 is 3.50. The monoisotopic (exact) mass is 396 g/mol. The molecule has 7 heteroatoms. The zero-order valence-electron chi connectivity index (χ0n) is 14.0. The number of piperidine rings is 1. The van der Waals surface area contributed by atoms with Gasteiger partial charge in [-0.3, -0.25) is 9.63 Å². The summed E-state index contributed by atoms with van der Waals surface area (Å²) < 4.78 is 0.778. The van der Waals surface area contributed by atoms with Crippen molar-refractivity contribution in [2.75, 3.05) is 27.3 Å². The molecule has 0 saturated carbocycles. The van der Waals surface area contributed by atoms with Crippen molar-refractivity contribution >= 4 is 27.4 Å². The van der Waals surface area contributed by atoms with Crippen LogP contribution in [-0.2, 0) is 14.5 Å². The van der Waals surface area contributed by atoms with Crippen molar-refractivity contribution in [3.05, 3.63) is 39.6 Å². The largest absolute Gasteiger partial charge is 0.509 e. The van der Waals surface area contributed by atoms with E-state index in [-0.39, 0.29) is 11.7 Å². The molecule has 24 heavy (non-hydrogen) atoms.